The molecule has 1 saturated heterocycles. The number of ether oxygens (including phenoxy) is 2. The molecule has 0 radical (unpaired) electrons. The molecule has 0 aliphatic carbocycles. The fourth-order valence-electron chi connectivity index (χ4n) is 4.15. The second-order valence-electron chi connectivity index (χ2n) is 7.17. The lowest BCUT2D eigenvalue weighted by Crippen LogP contribution is -2.44. The second kappa shape index (κ2) is 7.51. The largest absolute Gasteiger partial charge is 0.465 e. The quantitative estimate of drug-likeness (QED) is 0.790. The summed E-state index contributed by atoms with van der Waals surface area (Å²) in [5.74, 6) is -4.95. The fraction of sp³-hybridized carbons (Fsp3) is 0.333. The van der Waals surface area contributed by atoms with E-state index in [9.17, 15) is 22.8 Å². The highest BCUT2D eigenvalue weighted by atomic mass is 19.1. The average Bonchev–Trinajstić information content (AvgIpc) is 3.22. The van der Waals surface area contributed by atoms with E-state index < -0.39 is 41.2 Å². The Kier molecular flexibility index (Phi) is 5.04. The van der Waals surface area contributed by atoms with Crippen molar-refractivity contribution in [2.45, 2.75) is 18.4 Å². The summed E-state index contributed by atoms with van der Waals surface area (Å²) in [5.41, 5.74) is -0.159. The molecule has 152 valence electrons. The van der Waals surface area contributed by atoms with Crippen molar-refractivity contribution in [3.05, 3.63) is 64.5 Å². The summed E-state index contributed by atoms with van der Waals surface area (Å²) in [4.78, 5) is 25.7. The fourth-order valence-corrected chi connectivity index (χ4v) is 4.15. The van der Waals surface area contributed by atoms with Crippen LogP contribution >= 0.6 is 0 Å². The van der Waals surface area contributed by atoms with E-state index in [1.54, 1.807) is 0 Å². The number of carbonyl (C=O) groups is 2. The van der Waals surface area contributed by atoms with Crippen molar-refractivity contribution < 1.29 is 32.2 Å². The van der Waals surface area contributed by atoms with Crippen LogP contribution in [0.15, 0.2) is 30.3 Å². The third-order valence-corrected chi connectivity index (χ3v) is 5.49. The van der Waals surface area contributed by atoms with Gasteiger partial charge in [0.2, 0.25) is 0 Å². The summed E-state index contributed by atoms with van der Waals surface area (Å²) in [7, 11) is 1.12. The molecule has 2 aromatic carbocycles. The van der Waals surface area contributed by atoms with Crippen molar-refractivity contribution in [2.24, 2.45) is 5.92 Å². The number of Topliss-reactive ketones (excluding diaryl/α,β-unsaturated/α-hetero) is 1. The SMILES string of the molecule is COC(=O)c1cc(F)cc2c1C(=O)[C@H](c1ccc(F)cc1F)[C@@H](C1CCOC1)N2. The number of rotatable bonds is 3. The van der Waals surface area contributed by atoms with Gasteiger partial charge < -0.3 is 14.8 Å². The van der Waals surface area contributed by atoms with Crippen molar-refractivity contribution >= 4 is 17.4 Å². The topological polar surface area (TPSA) is 64.6 Å². The van der Waals surface area contributed by atoms with Crippen LogP contribution in [-0.4, -0.2) is 38.1 Å². The van der Waals surface area contributed by atoms with Crippen LogP contribution in [0.1, 0.15) is 38.6 Å². The Morgan fingerprint density at radius 3 is 2.62 bits per heavy atom. The molecule has 0 bridgehead atoms. The van der Waals surface area contributed by atoms with E-state index >= 15 is 0 Å². The Bertz CT molecular complexity index is 988. The molecule has 0 aromatic heterocycles. The maximum absolute atomic E-state index is 14.6. The lowest BCUT2D eigenvalue weighted by atomic mass is 9.74. The van der Waals surface area contributed by atoms with Gasteiger partial charge in [-0.1, -0.05) is 6.07 Å². The van der Waals surface area contributed by atoms with Crippen molar-refractivity contribution in [3.63, 3.8) is 0 Å². The third-order valence-electron chi connectivity index (χ3n) is 5.49. The van der Waals surface area contributed by atoms with Crippen LogP contribution < -0.4 is 5.32 Å². The number of anilines is 1. The minimum atomic E-state index is -1.04. The highest BCUT2D eigenvalue weighted by Gasteiger charge is 2.44. The van der Waals surface area contributed by atoms with E-state index in [0.29, 0.717) is 25.7 Å². The highest BCUT2D eigenvalue weighted by molar-refractivity contribution is 6.14. The first-order valence-electron chi connectivity index (χ1n) is 9.16. The number of esters is 1. The van der Waals surface area contributed by atoms with Crippen molar-refractivity contribution in [1.82, 2.24) is 0 Å². The Morgan fingerprint density at radius 1 is 1.17 bits per heavy atom. The molecule has 2 aliphatic heterocycles. The Balaban J connectivity index is 1.89. The van der Waals surface area contributed by atoms with E-state index in [0.717, 1.165) is 25.3 Å². The van der Waals surface area contributed by atoms with Crippen LogP contribution in [0.5, 0.6) is 0 Å². The predicted octanol–water partition coefficient (Wildman–Crippen LogP) is 3.69. The lowest BCUT2D eigenvalue weighted by Gasteiger charge is -2.37. The summed E-state index contributed by atoms with van der Waals surface area (Å²) in [5, 5.41) is 3.11. The van der Waals surface area contributed by atoms with Gasteiger partial charge in [0.1, 0.15) is 17.5 Å². The third kappa shape index (κ3) is 3.37. The predicted molar refractivity (Wildman–Crippen MR) is 97.5 cm³/mol. The van der Waals surface area contributed by atoms with Crippen LogP contribution in [0.2, 0.25) is 0 Å². The molecule has 1 unspecified atom stereocenters. The van der Waals surface area contributed by atoms with Gasteiger partial charge in [-0.3, -0.25) is 4.79 Å². The van der Waals surface area contributed by atoms with Gasteiger partial charge in [0.25, 0.3) is 0 Å². The normalized spacial score (nSPS) is 23.4. The minimum Gasteiger partial charge on any atom is -0.465 e. The Hall–Kier alpha value is -2.87. The second-order valence-corrected chi connectivity index (χ2v) is 7.17. The zero-order chi connectivity index (χ0) is 20.7. The van der Waals surface area contributed by atoms with Gasteiger partial charge in [0.05, 0.1) is 30.8 Å². The van der Waals surface area contributed by atoms with Gasteiger partial charge >= 0.3 is 5.97 Å². The van der Waals surface area contributed by atoms with Crippen molar-refractivity contribution in [2.75, 3.05) is 25.6 Å². The molecule has 5 nitrogen and oxygen atoms in total. The number of carbonyl (C=O) groups excluding carboxylic acids is 2. The maximum Gasteiger partial charge on any atom is 0.338 e. The number of fused-ring (bicyclic) bond motifs is 1. The van der Waals surface area contributed by atoms with Crippen LogP contribution in [0.3, 0.4) is 0 Å². The summed E-state index contributed by atoms with van der Waals surface area (Å²) in [6, 6.07) is 4.46. The molecule has 29 heavy (non-hydrogen) atoms. The zero-order valence-electron chi connectivity index (χ0n) is 15.5. The Labute approximate surface area is 164 Å². The molecule has 0 saturated carbocycles. The van der Waals surface area contributed by atoms with E-state index in [4.69, 9.17) is 4.74 Å². The lowest BCUT2D eigenvalue weighted by molar-refractivity contribution is 0.0595. The minimum absolute atomic E-state index is 0.00610. The summed E-state index contributed by atoms with van der Waals surface area (Å²) in [6.45, 7) is 0.831. The first-order chi connectivity index (χ1) is 13.9. The van der Waals surface area contributed by atoms with Gasteiger partial charge in [-0.2, -0.15) is 0 Å². The van der Waals surface area contributed by atoms with Gasteiger partial charge in [0, 0.05) is 35.9 Å². The first kappa shape index (κ1) is 19.4. The molecule has 2 heterocycles. The van der Waals surface area contributed by atoms with E-state index in [2.05, 4.69) is 10.1 Å². The standard InChI is InChI=1S/C21H18F3NO4/c1-28-21(27)14-6-12(23)8-16-17(14)20(26)18(13-3-2-11(22)7-15(13)24)19(25-16)10-4-5-29-9-10/h2-3,6-8,10,18-19,25H,4-5,9H2,1H3/t10?,18-,19-/m1/s1. The van der Waals surface area contributed by atoms with Crippen LogP contribution in [0, 0.1) is 23.4 Å². The Morgan fingerprint density at radius 2 is 1.97 bits per heavy atom. The zero-order valence-corrected chi connectivity index (χ0v) is 15.5. The van der Waals surface area contributed by atoms with Crippen molar-refractivity contribution in [3.8, 4) is 0 Å². The van der Waals surface area contributed by atoms with Crippen LogP contribution in [-0.2, 0) is 9.47 Å². The van der Waals surface area contributed by atoms with E-state index in [1.165, 1.54) is 6.07 Å². The van der Waals surface area contributed by atoms with Gasteiger partial charge in [-0.15, -0.1) is 0 Å². The molecule has 3 atom stereocenters. The molecule has 8 heteroatoms. The molecular weight excluding hydrogens is 387 g/mol. The number of nitrogens with one attached hydrogen (secondary N) is 1. The molecule has 1 N–H and O–H groups in total. The smallest absolute Gasteiger partial charge is 0.338 e. The summed E-state index contributed by atoms with van der Waals surface area (Å²) in [6.07, 6.45) is 0.624. The molecule has 2 aliphatic rings. The number of halogens is 3. The molecule has 0 amide bonds. The molecule has 4 rings (SSSR count). The first-order valence-corrected chi connectivity index (χ1v) is 9.16. The van der Waals surface area contributed by atoms with E-state index in [-0.39, 0.29) is 28.3 Å². The molecule has 0 spiro atoms. The monoisotopic (exact) mass is 405 g/mol. The maximum atomic E-state index is 14.6. The summed E-state index contributed by atoms with van der Waals surface area (Å²) < 4.78 is 52.3. The number of benzene rings is 2. The average molecular weight is 405 g/mol. The molecule has 2 aromatic rings. The molecular formula is C21H18F3NO4. The molecule has 1 fully saturated rings. The number of hydrogen-bond acceptors (Lipinski definition) is 5. The van der Waals surface area contributed by atoms with Gasteiger partial charge in [-0.25, -0.2) is 18.0 Å². The van der Waals surface area contributed by atoms with Crippen LogP contribution in [0.25, 0.3) is 0 Å². The van der Waals surface area contributed by atoms with Gasteiger partial charge in [-0.05, 0) is 24.6 Å². The van der Waals surface area contributed by atoms with E-state index in [1.807, 2.05) is 0 Å². The summed E-state index contributed by atoms with van der Waals surface area (Å²) >= 11 is 0. The van der Waals surface area contributed by atoms with Gasteiger partial charge in [0.15, 0.2) is 5.78 Å². The number of ketones is 1. The number of hydrogen-bond donors (Lipinski definition) is 1. The van der Waals surface area contributed by atoms with Crippen molar-refractivity contribution in [1.29, 1.82) is 0 Å². The van der Waals surface area contributed by atoms with Crippen LogP contribution in [0.4, 0.5) is 18.9 Å². The highest BCUT2D eigenvalue weighted by Crippen LogP contribution is 2.42. The number of methoxy groups -OCH3 is 1.